The number of pyridine rings is 2. The van der Waals surface area contributed by atoms with Crippen LogP contribution in [0.3, 0.4) is 0 Å². The summed E-state index contributed by atoms with van der Waals surface area (Å²) in [4.78, 5) is 22.5. The highest BCUT2D eigenvalue weighted by Gasteiger charge is 2.34. The third-order valence-corrected chi connectivity index (χ3v) is 5.16. The first-order valence-corrected chi connectivity index (χ1v) is 9.87. The van der Waals surface area contributed by atoms with Gasteiger partial charge in [0.1, 0.15) is 0 Å². The average molecular weight is 445 g/mol. The molecule has 0 saturated heterocycles. The summed E-state index contributed by atoms with van der Waals surface area (Å²) in [7, 11) is 0. The molecule has 0 aliphatic carbocycles. The van der Waals surface area contributed by atoms with Crippen molar-refractivity contribution in [2.45, 2.75) is 25.6 Å². The normalized spacial score (nSPS) is 16.0. The molecule has 0 bridgehead atoms. The Labute approximate surface area is 181 Å². The van der Waals surface area contributed by atoms with Crippen molar-refractivity contribution in [3.05, 3.63) is 66.2 Å². The SMILES string of the molecule is C[C@@H]1CCNc2ccc(-c3ccccc3C(F)(F)F)nc2N1C(=O)Nc1ccncc1F. The number of alkyl halides is 3. The number of benzene rings is 1. The summed E-state index contributed by atoms with van der Waals surface area (Å²) in [5.74, 6) is -0.543. The first-order valence-electron chi connectivity index (χ1n) is 9.87. The number of hydrogen-bond acceptors (Lipinski definition) is 4. The van der Waals surface area contributed by atoms with E-state index < -0.39 is 23.6 Å². The Kier molecular flexibility index (Phi) is 5.68. The van der Waals surface area contributed by atoms with Gasteiger partial charge in [0.25, 0.3) is 0 Å². The minimum absolute atomic E-state index is 0.0606. The topological polar surface area (TPSA) is 70.2 Å². The Morgan fingerprint density at radius 3 is 2.72 bits per heavy atom. The molecule has 0 unspecified atom stereocenters. The van der Waals surface area contributed by atoms with Gasteiger partial charge in [-0.3, -0.25) is 9.88 Å². The second-order valence-corrected chi connectivity index (χ2v) is 7.33. The van der Waals surface area contributed by atoms with Gasteiger partial charge in [-0.05, 0) is 37.6 Å². The van der Waals surface area contributed by atoms with Gasteiger partial charge >= 0.3 is 12.2 Å². The molecule has 6 nitrogen and oxygen atoms in total. The van der Waals surface area contributed by atoms with E-state index in [1.54, 1.807) is 13.0 Å². The molecule has 2 aromatic heterocycles. The number of carbonyl (C=O) groups is 1. The number of nitrogens with one attached hydrogen (secondary N) is 2. The second-order valence-electron chi connectivity index (χ2n) is 7.33. The predicted molar refractivity (Wildman–Crippen MR) is 113 cm³/mol. The second kappa shape index (κ2) is 8.45. The van der Waals surface area contributed by atoms with Crippen LogP contribution < -0.4 is 15.5 Å². The molecule has 3 heterocycles. The van der Waals surface area contributed by atoms with Crippen LogP contribution in [0.4, 0.5) is 39.5 Å². The summed E-state index contributed by atoms with van der Waals surface area (Å²) >= 11 is 0. The van der Waals surface area contributed by atoms with E-state index in [0.29, 0.717) is 18.7 Å². The molecule has 0 saturated carbocycles. The molecule has 0 radical (unpaired) electrons. The van der Waals surface area contributed by atoms with Crippen LogP contribution in [0, 0.1) is 5.82 Å². The van der Waals surface area contributed by atoms with E-state index in [9.17, 15) is 22.4 Å². The van der Waals surface area contributed by atoms with Crippen LogP contribution in [-0.2, 0) is 6.18 Å². The van der Waals surface area contributed by atoms with Crippen molar-refractivity contribution >= 4 is 23.2 Å². The largest absolute Gasteiger partial charge is 0.417 e. The monoisotopic (exact) mass is 445 g/mol. The summed E-state index contributed by atoms with van der Waals surface area (Å²) in [6, 6.07) is 8.51. The fraction of sp³-hybridized carbons (Fsp3) is 0.227. The van der Waals surface area contributed by atoms with E-state index in [1.807, 2.05) is 0 Å². The predicted octanol–water partition coefficient (Wildman–Crippen LogP) is 5.54. The number of amides is 2. The number of carbonyl (C=O) groups excluding carboxylic acids is 1. The van der Waals surface area contributed by atoms with Gasteiger partial charge in [0.05, 0.1) is 28.8 Å². The molecule has 2 amide bonds. The van der Waals surface area contributed by atoms with E-state index in [0.717, 1.165) is 12.3 Å². The third kappa shape index (κ3) is 4.20. The zero-order valence-corrected chi connectivity index (χ0v) is 16.9. The molecular weight excluding hydrogens is 426 g/mol. The van der Waals surface area contributed by atoms with E-state index in [1.165, 1.54) is 41.4 Å². The van der Waals surface area contributed by atoms with E-state index in [2.05, 4.69) is 20.6 Å². The highest BCUT2D eigenvalue weighted by molar-refractivity contribution is 6.03. The van der Waals surface area contributed by atoms with Crippen molar-refractivity contribution in [1.29, 1.82) is 0 Å². The maximum atomic E-state index is 14.0. The van der Waals surface area contributed by atoms with Gasteiger partial charge in [-0.15, -0.1) is 0 Å². The number of nitrogens with zero attached hydrogens (tertiary/aromatic N) is 3. The smallest absolute Gasteiger partial charge is 0.382 e. The maximum absolute atomic E-state index is 14.0. The molecule has 3 aromatic rings. The number of halogens is 4. The minimum Gasteiger partial charge on any atom is -0.382 e. The number of rotatable bonds is 2. The van der Waals surface area contributed by atoms with Gasteiger partial charge in [0.15, 0.2) is 11.6 Å². The lowest BCUT2D eigenvalue weighted by molar-refractivity contribution is -0.137. The summed E-state index contributed by atoms with van der Waals surface area (Å²) in [5, 5.41) is 5.65. The van der Waals surface area contributed by atoms with Crippen molar-refractivity contribution < 1.29 is 22.4 Å². The number of anilines is 3. The average Bonchev–Trinajstić information content (AvgIpc) is 2.92. The fourth-order valence-electron chi connectivity index (χ4n) is 3.58. The van der Waals surface area contributed by atoms with Gasteiger partial charge in [0, 0.05) is 24.3 Å². The van der Waals surface area contributed by atoms with Crippen molar-refractivity contribution in [3.63, 3.8) is 0 Å². The Hall–Kier alpha value is -3.69. The molecule has 166 valence electrons. The van der Waals surface area contributed by atoms with Crippen LogP contribution >= 0.6 is 0 Å². The first-order chi connectivity index (χ1) is 15.3. The van der Waals surface area contributed by atoms with Crippen molar-refractivity contribution in [2.24, 2.45) is 0 Å². The third-order valence-electron chi connectivity index (χ3n) is 5.16. The number of urea groups is 1. The van der Waals surface area contributed by atoms with Crippen LogP contribution in [-0.4, -0.2) is 28.6 Å². The molecule has 0 fully saturated rings. The summed E-state index contributed by atoms with van der Waals surface area (Å²) in [6.45, 7) is 2.32. The van der Waals surface area contributed by atoms with Crippen molar-refractivity contribution in [3.8, 4) is 11.3 Å². The van der Waals surface area contributed by atoms with Gasteiger partial charge < -0.3 is 10.6 Å². The van der Waals surface area contributed by atoms with E-state index in [4.69, 9.17) is 0 Å². The van der Waals surface area contributed by atoms with Gasteiger partial charge in [-0.2, -0.15) is 13.2 Å². The summed E-state index contributed by atoms with van der Waals surface area (Å²) in [5.41, 5.74) is -0.417. The van der Waals surface area contributed by atoms with Gasteiger partial charge in [-0.1, -0.05) is 18.2 Å². The number of fused-ring (bicyclic) bond motifs is 1. The molecule has 2 N–H and O–H groups in total. The summed E-state index contributed by atoms with van der Waals surface area (Å²) < 4.78 is 54.6. The first kappa shape index (κ1) is 21.5. The van der Waals surface area contributed by atoms with Gasteiger partial charge in [0.2, 0.25) is 0 Å². The van der Waals surface area contributed by atoms with Crippen LogP contribution in [0.15, 0.2) is 54.9 Å². The molecule has 0 spiro atoms. The van der Waals surface area contributed by atoms with Gasteiger partial charge in [-0.25, -0.2) is 14.2 Å². The lowest BCUT2D eigenvalue weighted by atomic mass is 10.0. The highest BCUT2D eigenvalue weighted by Crippen LogP contribution is 2.38. The molecule has 32 heavy (non-hydrogen) atoms. The molecular formula is C22H19F4N5O. The lowest BCUT2D eigenvalue weighted by Crippen LogP contribution is -2.42. The summed E-state index contributed by atoms with van der Waals surface area (Å²) in [6.07, 6.45) is -1.70. The van der Waals surface area contributed by atoms with Crippen LogP contribution in [0.1, 0.15) is 18.9 Å². The van der Waals surface area contributed by atoms with E-state index >= 15 is 0 Å². The maximum Gasteiger partial charge on any atom is 0.417 e. The van der Waals surface area contributed by atoms with Crippen LogP contribution in [0.25, 0.3) is 11.3 Å². The Bertz CT molecular complexity index is 1150. The van der Waals surface area contributed by atoms with E-state index in [-0.39, 0.29) is 28.8 Å². The highest BCUT2D eigenvalue weighted by atomic mass is 19.4. The lowest BCUT2D eigenvalue weighted by Gasteiger charge is -2.28. The van der Waals surface area contributed by atoms with Crippen LogP contribution in [0.2, 0.25) is 0 Å². The Morgan fingerprint density at radius 2 is 1.97 bits per heavy atom. The molecule has 1 aromatic carbocycles. The quantitative estimate of drug-likeness (QED) is 0.508. The molecule has 4 rings (SSSR count). The molecule has 1 aliphatic heterocycles. The zero-order chi connectivity index (χ0) is 22.9. The zero-order valence-electron chi connectivity index (χ0n) is 16.9. The molecule has 10 heteroatoms. The fourth-order valence-corrected chi connectivity index (χ4v) is 3.58. The van der Waals surface area contributed by atoms with Crippen LogP contribution in [0.5, 0.6) is 0 Å². The molecule has 1 aliphatic rings. The number of aromatic nitrogens is 2. The standard InChI is InChI=1S/C22H19F4N5O/c1-13-8-11-28-19-7-6-17(14-4-2-3-5-15(14)22(24,25)26)29-20(19)31(13)21(32)30-18-9-10-27-12-16(18)23/h2-7,9-10,12-13,28H,8,11H2,1H3,(H,27,30,32)/t13-/m1/s1. The minimum atomic E-state index is -4.56. The number of hydrogen-bond donors (Lipinski definition) is 2. The van der Waals surface area contributed by atoms with Crippen molar-refractivity contribution in [2.75, 3.05) is 22.1 Å². The Balaban J connectivity index is 1.78. The Morgan fingerprint density at radius 1 is 1.19 bits per heavy atom. The molecule has 1 atom stereocenters. The van der Waals surface area contributed by atoms with Crippen molar-refractivity contribution in [1.82, 2.24) is 9.97 Å².